The normalized spacial score (nSPS) is 15.5. The van der Waals surface area contributed by atoms with E-state index in [2.05, 4.69) is 0 Å². The molecule has 3 aromatic carbocycles. The zero-order chi connectivity index (χ0) is 51.9. The Kier molecular flexibility index (Phi) is 30.7. The van der Waals surface area contributed by atoms with E-state index in [1.807, 2.05) is 77.9 Å². The molecule has 6 atom stereocenters. The number of benzene rings is 3. The first-order valence-electron chi connectivity index (χ1n) is 23.4. The van der Waals surface area contributed by atoms with Crippen LogP contribution in [0.4, 0.5) is 0 Å². The van der Waals surface area contributed by atoms with Gasteiger partial charge in [0.15, 0.2) is 0 Å². The predicted molar refractivity (Wildman–Crippen MR) is 294 cm³/mol. The minimum Gasteiger partial charge on any atom is -0.501 e. The van der Waals surface area contributed by atoms with Crippen LogP contribution in [0.2, 0.25) is 0 Å². The van der Waals surface area contributed by atoms with Crippen molar-refractivity contribution >= 4 is 77.4 Å². The summed E-state index contributed by atoms with van der Waals surface area (Å²) in [6.07, 6.45) is 20.3. The van der Waals surface area contributed by atoms with E-state index in [0.717, 1.165) is 16.7 Å². The number of halogens is 6. The third-order valence-corrected chi connectivity index (χ3v) is 14.3. The lowest BCUT2D eigenvalue weighted by atomic mass is 9.93. The van der Waals surface area contributed by atoms with Crippen molar-refractivity contribution in [1.82, 2.24) is 0 Å². The summed E-state index contributed by atoms with van der Waals surface area (Å²) in [5.41, 5.74) is 4.19. The second-order valence-corrected chi connectivity index (χ2v) is 19.3. The van der Waals surface area contributed by atoms with Gasteiger partial charge in [-0.25, -0.2) is 0 Å². The van der Waals surface area contributed by atoms with Gasteiger partial charge in [0.25, 0.3) is 0 Å². The van der Waals surface area contributed by atoms with Gasteiger partial charge in [-0.1, -0.05) is 72.9 Å². The molecule has 0 bridgehead atoms. The number of rotatable bonds is 36. The summed E-state index contributed by atoms with van der Waals surface area (Å²) in [5, 5.41) is 0. The van der Waals surface area contributed by atoms with E-state index in [0.29, 0.717) is 36.5 Å². The number of phosphoric acid groups is 1. The number of alkyl halides is 6. The van der Waals surface area contributed by atoms with Crippen LogP contribution in [0, 0.1) is 0 Å². The second kappa shape index (κ2) is 35.4. The van der Waals surface area contributed by atoms with Crippen LogP contribution < -0.4 is 13.6 Å². The Hall–Kier alpha value is -3.73. The molecule has 0 spiro atoms. The van der Waals surface area contributed by atoms with E-state index in [9.17, 15) is 0 Å². The molecule has 0 heterocycles. The van der Waals surface area contributed by atoms with Crippen LogP contribution in [0.5, 0.6) is 17.2 Å². The van der Waals surface area contributed by atoms with E-state index < -0.39 is 25.6 Å². The molecule has 6 unspecified atom stereocenters. The fraction of sp³-hybridized carbons (Fsp3) is 0.444. The lowest BCUT2D eigenvalue weighted by molar-refractivity contribution is 0.226. The van der Waals surface area contributed by atoms with Gasteiger partial charge in [0.05, 0.1) is 77.2 Å². The number of hydrogen-bond acceptors (Lipinski definition) is 10. The van der Waals surface area contributed by atoms with Crippen LogP contribution >= 0.6 is 77.4 Å². The third-order valence-electron chi connectivity index (χ3n) is 10.8. The molecule has 0 amide bonds. The summed E-state index contributed by atoms with van der Waals surface area (Å²) in [4.78, 5) is 0. The standard InChI is InChI=1S/C54H69Cl6O10P/c1-7-19-62-34-43(28-55)40-13-16-52(49(25-40)46(31-58)37-65-22-10-4)68-71(61,69-53-17-14-41(44(29-56)35-63-20-8-2)26-50(53)47(32-59)38-66-23-11-5)70-54-18-15-42(45(30-57)36-64-21-9-3)27-51(54)48(33-60)39-67-24-12-6/h7-27,43-48H,28-39H2,1-6H3/b19-7+,20-8+,21-9+,22-10+,23-11+,24-12+. The Balaban J connectivity index is 2.45. The zero-order valence-electron chi connectivity index (χ0n) is 41.4. The summed E-state index contributed by atoms with van der Waals surface area (Å²) in [7, 11) is -4.89. The van der Waals surface area contributed by atoms with Crippen molar-refractivity contribution in [3.05, 3.63) is 162 Å². The predicted octanol–water partition coefficient (Wildman–Crippen LogP) is 16.6. The van der Waals surface area contributed by atoms with Gasteiger partial charge in [0.1, 0.15) is 17.2 Å². The average molecular weight is 1120 g/mol. The molecule has 71 heavy (non-hydrogen) atoms. The second-order valence-electron chi connectivity index (χ2n) is 16.0. The Morgan fingerprint density at radius 2 is 0.577 bits per heavy atom. The van der Waals surface area contributed by atoms with E-state index >= 15 is 4.57 Å². The van der Waals surface area contributed by atoms with Crippen molar-refractivity contribution in [1.29, 1.82) is 0 Å². The van der Waals surface area contributed by atoms with Crippen molar-refractivity contribution in [2.45, 2.75) is 77.0 Å². The minimum absolute atomic E-state index is 0.105. The fourth-order valence-corrected chi connectivity index (χ4v) is 9.94. The number of hydrogen-bond donors (Lipinski definition) is 0. The van der Waals surface area contributed by atoms with Crippen LogP contribution in [0.3, 0.4) is 0 Å². The maximum atomic E-state index is 16.2. The Bertz CT molecular complexity index is 1980. The monoisotopic (exact) mass is 1120 g/mol. The molecule has 0 saturated heterocycles. The van der Waals surface area contributed by atoms with E-state index in [1.165, 1.54) is 0 Å². The van der Waals surface area contributed by atoms with E-state index in [1.54, 1.807) is 92.2 Å². The number of ether oxygens (including phenoxy) is 6. The molecule has 10 nitrogen and oxygen atoms in total. The van der Waals surface area contributed by atoms with Gasteiger partial charge in [-0.3, -0.25) is 0 Å². The third kappa shape index (κ3) is 20.2. The van der Waals surface area contributed by atoms with Crippen LogP contribution in [0.25, 0.3) is 0 Å². The fourth-order valence-electron chi connectivity index (χ4n) is 7.04. The molecular weight excluding hydrogens is 1050 g/mol. The van der Waals surface area contributed by atoms with Gasteiger partial charge in [0, 0.05) is 87.5 Å². The van der Waals surface area contributed by atoms with Gasteiger partial charge in [-0.05, 0) is 76.4 Å². The zero-order valence-corrected chi connectivity index (χ0v) is 46.8. The Morgan fingerprint density at radius 3 is 0.775 bits per heavy atom. The summed E-state index contributed by atoms with van der Waals surface area (Å²) in [6.45, 7) is 12.5. The van der Waals surface area contributed by atoms with Crippen molar-refractivity contribution in [2.24, 2.45) is 0 Å². The highest BCUT2D eigenvalue weighted by molar-refractivity contribution is 7.49. The Labute approximate surface area is 452 Å². The van der Waals surface area contributed by atoms with Crippen LogP contribution in [0.15, 0.2) is 129 Å². The lowest BCUT2D eigenvalue weighted by Gasteiger charge is -2.28. The van der Waals surface area contributed by atoms with Gasteiger partial charge in [-0.15, -0.1) is 69.6 Å². The molecule has 3 rings (SSSR count). The molecule has 0 aliphatic carbocycles. The Morgan fingerprint density at radius 1 is 0.366 bits per heavy atom. The summed E-state index contributed by atoms with van der Waals surface area (Å²) < 4.78 is 71.3. The van der Waals surface area contributed by atoms with Crippen molar-refractivity contribution in [2.75, 3.05) is 74.9 Å². The molecule has 0 radical (unpaired) electrons. The van der Waals surface area contributed by atoms with Crippen LogP contribution in [-0.4, -0.2) is 74.9 Å². The summed E-state index contributed by atoms with van der Waals surface area (Å²) >= 11 is 39.8. The molecule has 0 aliphatic heterocycles. The first-order valence-corrected chi connectivity index (χ1v) is 28.1. The number of phosphoric ester groups is 1. The quantitative estimate of drug-likeness (QED) is 0.0318. The molecule has 3 aromatic rings. The SMILES string of the molecule is C/C=C/OCC(CCl)c1ccc(OP(=O)(Oc2ccc(C(CCl)CO/C=C/C)cc2C(CCl)CO/C=C/C)Oc2ccc(C(CCl)CO/C=C/C)cc2C(CCl)CO/C=C/C)c(C(CCl)CO/C=C/C)c1. The smallest absolute Gasteiger partial charge is 0.501 e. The molecule has 0 N–H and O–H groups in total. The molecule has 392 valence electrons. The molecule has 0 fully saturated rings. The lowest BCUT2D eigenvalue weighted by Crippen LogP contribution is -2.17. The number of allylic oxidation sites excluding steroid dienone is 6. The molecule has 0 aliphatic rings. The minimum atomic E-state index is -4.89. The molecule has 0 aromatic heterocycles. The van der Waals surface area contributed by atoms with Crippen molar-refractivity contribution in [3.63, 3.8) is 0 Å². The highest BCUT2D eigenvalue weighted by Crippen LogP contribution is 2.54. The topological polar surface area (TPSA) is 100 Å². The molecule has 0 saturated carbocycles. The largest absolute Gasteiger partial charge is 0.647 e. The highest BCUT2D eigenvalue weighted by atomic mass is 35.5. The molecular formula is C54H69Cl6O10P. The van der Waals surface area contributed by atoms with Gasteiger partial charge >= 0.3 is 7.82 Å². The van der Waals surface area contributed by atoms with Crippen molar-refractivity contribution in [3.8, 4) is 17.2 Å². The van der Waals surface area contributed by atoms with Crippen LogP contribution in [0.1, 0.15) is 110 Å². The first kappa shape index (κ1) is 61.6. The summed E-state index contributed by atoms with van der Waals surface area (Å²) in [6, 6.07) is 16.3. The highest BCUT2D eigenvalue weighted by Gasteiger charge is 2.38. The summed E-state index contributed by atoms with van der Waals surface area (Å²) in [5.74, 6) is -0.586. The van der Waals surface area contributed by atoms with Gasteiger partial charge in [0.2, 0.25) is 0 Å². The average Bonchev–Trinajstić information content (AvgIpc) is 3.38. The van der Waals surface area contributed by atoms with Crippen molar-refractivity contribution < 1.29 is 46.6 Å². The maximum Gasteiger partial charge on any atom is 0.647 e. The van der Waals surface area contributed by atoms with Gasteiger partial charge < -0.3 is 42.0 Å². The maximum absolute atomic E-state index is 16.2. The van der Waals surface area contributed by atoms with Gasteiger partial charge in [-0.2, -0.15) is 4.57 Å². The van der Waals surface area contributed by atoms with E-state index in [4.69, 9.17) is 112 Å². The van der Waals surface area contributed by atoms with E-state index in [-0.39, 0.29) is 90.1 Å². The molecule has 17 heteroatoms. The first-order chi connectivity index (χ1) is 34.6. The van der Waals surface area contributed by atoms with Crippen LogP contribution in [-0.2, 0) is 33.0 Å².